The van der Waals surface area contributed by atoms with Gasteiger partial charge in [-0.25, -0.2) is 0 Å². The number of aryl methyl sites for hydroxylation is 2. The van der Waals surface area contributed by atoms with Crippen molar-refractivity contribution in [3.63, 3.8) is 0 Å². The molecule has 1 aromatic carbocycles. The van der Waals surface area contributed by atoms with Crippen LogP contribution in [-0.2, 0) is 12.8 Å². The minimum Gasteiger partial charge on any atom is -0.364 e. The standard InChI is InChI=1S/C20H24N2O2/c1-4-16-19(14(3)23)13(2)21-20(16)18(24)12-22-11-7-9-15-8-5-6-10-17(15)22/h5-6,8,10,21H,4,7,9,11-12H2,1-3H3. The Kier molecular flexibility index (Phi) is 4.56. The van der Waals surface area contributed by atoms with Gasteiger partial charge in [-0.15, -0.1) is 0 Å². The van der Waals surface area contributed by atoms with Gasteiger partial charge >= 0.3 is 0 Å². The van der Waals surface area contributed by atoms with E-state index in [1.54, 1.807) is 6.92 Å². The van der Waals surface area contributed by atoms with Crippen LogP contribution in [0.25, 0.3) is 0 Å². The molecule has 126 valence electrons. The first-order valence-corrected chi connectivity index (χ1v) is 8.61. The fraction of sp³-hybridized carbons (Fsp3) is 0.400. The van der Waals surface area contributed by atoms with Crippen LogP contribution < -0.4 is 4.90 Å². The van der Waals surface area contributed by atoms with Gasteiger partial charge in [0.1, 0.15) is 0 Å². The third-order valence-electron chi connectivity index (χ3n) is 4.82. The Morgan fingerprint density at radius 2 is 2.00 bits per heavy atom. The Bertz CT molecular complexity index is 789. The molecule has 4 heteroatoms. The van der Waals surface area contributed by atoms with Crippen molar-refractivity contribution in [3.05, 3.63) is 52.3 Å². The highest BCUT2D eigenvalue weighted by Gasteiger charge is 2.24. The van der Waals surface area contributed by atoms with E-state index in [0.29, 0.717) is 24.2 Å². The summed E-state index contributed by atoms with van der Waals surface area (Å²) in [5.41, 5.74) is 5.39. The molecule has 0 aliphatic carbocycles. The molecule has 24 heavy (non-hydrogen) atoms. The number of aromatic nitrogens is 1. The second-order valence-electron chi connectivity index (χ2n) is 6.47. The number of fused-ring (bicyclic) bond motifs is 1. The number of hydrogen-bond acceptors (Lipinski definition) is 3. The van der Waals surface area contributed by atoms with Crippen LogP contribution in [0.2, 0.25) is 0 Å². The van der Waals surface area contributed by atoms with Crippen LogP contribution in [0.5, 0.6) is 0 Å². The summed E-state index contributed by atoms with van der Waals surface area (Å²) in [5, 5.41) is 0. The fourth-order valence-electron chi connectivity index (χ4n) is 3.77. The van der Waals surface area contributed by atoms with Crippen LogP contribution in [0, 0.1) is 6.92 Å². The number of nitrogens with one attached hydrogen (secondary N) is 1. The normalized spacial score (nSPS) is 13.7. The molecule has 0 spiro atoms. The number of anilines is 1. The van der Waals surface area contributed by atoms with E-state index in [0.717, 1.165) is 36.3 Å². The maximum atomic E-state index is 12.9. The molecule has 1 aromatic heterocycles. The number of Topliss-reactive ketones (excluding diaryl/α,β-unsaturated/α-hetero) is 2. The number of para-hydroxylation sites is 1. The number of hydrogen-bond donors (Lipinski definition) is 1. The number of H-pyrrole nitrogens is 1. The number of ketones is 2. The number of carbonyl (C=O) groups is 2. The molecule has 0 radical (unpaired) electrons. The van der Waals surface area contributed by atoms with Crippen molar-refractivity contribution in [1.29, 1.82) is 0 Å². The highest BCUT2D eigenvalue weighted by atomic mass is 16.1. The molecule has 1 aliphatic rings. The zero-order valence-corrected chi connectivity index (χ0v) is 14.6. The molecular formula is C20H24N2O2. The van der Waals surface area contributed by atoms with E-state index in [2.05, 4.69) is 22.0 Å². The molecule has 0 saturated heterocycles. The zero-order chi connectivity index (χ0) is 17.3. The molecule has 0 unspecified atom stereocenters. The number of benzene rings is 1. The lowest BCUT2D eigenvalue weighted by molar-refractivity contribution is 0.0993. The summed E-state index contributed by atoms with van der Waals surface area (Å²) in [6.45, 7) is 6.65. The van der Waals surface area contributed by atoms with Crippen LogP contribution in [0.3, 0.4) is 0 Å². The first-order valence-electron chi connectivity index (χ1n) is 8.61. The Balaban J connectivity index is 1.89. The van der Waals surface area contributed by atoms with Crippen molar-refractivity contribution >= 4 is 17.3 Å². The summed E-state index contributed by atoms with van der Waals surface area (Å²) in [6, 6.07) is 8.29. The van der Waals surface area contributed by atoms with Gasteiger partial charge in [0.15, 0.2) is 11.6 Å². The average Bonchev–Trinajstić information content (AvgIpc) is 2.92. The Hall–Kier alpha value is -2.36. The lowest BCUT2D eigenvalue weighted by Gasteiger charge is -2.30. The largest absolute Gasteiger partial charge is 0.364 e. The van der Waals surface area contributed by atoms with Crippen molar-refractivity contribution < 1.29 is 9.59 Å². The summed E-state index contributed by atoms with van der Waals surface area (Å²) in [5.74, 6) is 0.0714. The molecule has 0 bridgehead atoms. The van der Waals surface area contributed by atoms with E-state index in [1.165, 1.54) is 5.56 Å². The van der Waals surface area contributed by atoms with E-state index in [1.807, 2.05) is 26.0 Å². The molecule has 1 N–H and O–H groups in total. The quantitative estimate of drug-likeness (QED) is 0.853. The number of aromatic amines is 1. The van der Waals surface area contributed by atoms with Gasteiger partial charge in [0, 0.05) is 23.5 Å². The van der Waals surface area contributed by atoms with Crippen molar-refractivity contribution in [2.45, 2.75) is 40.0 Å². The number of carbonyl (C=O) groups excluding carboxylic acids is 2. The van der Waals surface area contributed by atoms with Gasteiger partial charge in [-0.1, -0.05) is 25.1 Å². The van der Waals surface area contributed by atoms with Gasteiger partial charge in [-0.05, 0) is 50.3 Å². The van der Waals surface area contributed by atoms with Crippen LogP contribution >= 0.6 is 0 Å². The number of nitrogens with zero attached hydrogens (tertiary/aromatic N) is 1. The second-order valence-corrected chi connectivity index (χ2v) is 6.47. The molecule has 0 atom stereocenters. The highest BCUT2D eigenvalue weighted by Crippen LogP contribution is 2.27. The predicted molar refractivity (Wildman–Crippen MR) is 96.2 cm³/mol. The molecule has 2 heterocycles. The molecular weight excluding hydrogens is 300 g/mol. The molecule has 0 fully saturated rings. The molecule has 0 amide bonds. The van der Waals surface area contributed by atoms with Crippen molar-refractivity contribution in [2.75, 3.05) is 18.0 Å². The second kappa shape index (κ2) is 6.63. The molecule has 0 saturated carbocycles. The van der Waals surface area contributed by atoms with Crippen LogP contribution in [0.4, 0.5) is 5.69 Å². The van der Waals surface area contributed by atoms with E-state index >= 15 is 0 Å². The zero-order valence-electron chi connectivity index (χ0n) is 14.6. The van der Waals surface area contributed by atoms with Gasteiger partial charge in [-0.3, -0.25) is 9.59 Å². The van der Waals surface area contributed by atoms with Gasteiger partial charge in [-0.2, -0.15) is 0 Å². The third kappa shape index (κ3) is 2.88. The van der Waals surface area contributed by atoms with Gasteiger partial charge in [0.25, 0.3) is 0 Å². The van der Waals surface area contributed by atoms with Crippen LogP contribution in [-0.4, -0.2) is 29.6 Å². The third-order valence-corrected chi connectivity index (χ3v) is 4.82. The first kappa shape index (κ1) is 16.5. The van der Waals surface area contributed by atoms with E-state index < -0.39 is 0 Å². The summed E-state index contributed by atoms with van der Waals surface area (Å²) < 4.78 is 0. The van der Waals surface area contributed by atoms with Crippen LogP contribution in [0.15, 0.2) is 24.3 Å². The first-order chi connectivity index (χ1) is 11.5. The Morgan fingerprint density at radius 3 is 2.71 bits per heavy atom. The topological polar surface area (TPSA) is 53.2 Å². The fourth-order valence-corrected chi connectivity index (χ4v) is 3.77. The average molecular weight is 324 g/mol. The van der Waals surface area contributed by atoms with Crippen LogP contribution in [0.1, 0.15) is 57.9 Å². The minimum absolute atomic E-state index is 0.0166. The molecule has 1 aliphatic heterocycles. The lowest BCUT2D eigenvalue weighted by Crippen LogP contribution is -2.34. The number of rotatable bonds is 5. The van der Waals surface area contributed by atoms with Crippen molar-refractivity contribution in [3.8, 4) is 0 Å². The molecule has 2 aromatic rings. The van der Waals surface area contributed by atoms with E-state index in [-0.39, 0.29) is 11.6 Å². The summed E-state index contributed by atoms with van der Waals surface area (Å²) in [7, 11) is 0. The molecule has 3 rings (SSSR count). The minimum atomic E-state index is 0.0166. The summed E-state index contributed by atoms with van der Waals surface area (Å²) in [6.07, 6.45) is 2.81. The van der Waals surface area contributed by atoms with Crippen molar-refractivity contribution in [1.82, 2.24) is 4.98 Å². The maximum Gasteiger partial charge on any atom is 0.198 e. The summed E-state index contributed by atoms with van der Waals surface area (Å²) in [4.78, 5) is 30.1. The Morgan fingerprint density at radius 1 is 1.25 bits per heavy atom. The monoisotopic (exact) mass is 324 g/mol. The predicted octanol–water partition coefficient (Wildman–Crippen LogP) is 3.72. The van der Waals surface area contributed by atoms with Gasteiger partial charge < -0.3 is 9.88 Å². The SMILES string of the molecule is CCc1c(C(=O)CN2CCCc3ccccc32)[nH]c(C)c1C(C)=O. The smallest absolute Gasteiger partial charge is 0.198 e. The van der Waals surface area contributed by atoms with E-state index in [9.17, 15) is 9.59 Å². The van der Waals surface area contributed by atoms with E-state index in [4.69, 9.17) is 0 Å². The van der Waals surface area contributed by atoms with Crippen molar-refractivity contribution in [2.24, 2.45) is 0 Å². The highest BCUT2D eigenvalue weighted by molar-refractivity contribution is 6.04. The molecule has 4 nitrogen and oxygen atoms in total. The maximum absolute atomic E-state index is 12.9. The summed E-state index contributed by atoms with van der Waals surface area (Å²) >= 11 is 0. The van der Waals surface area contributed by atoms with Gasteiger partial charge in [0.05, 0.1) is 12.2 Å². The lowest BCUT2D eigenvalue weighted by atomic mass is 9.99. The Labute approximate surface area is 142 Å². The van der Waals surface area contributed by atoms with Gasteiger partial charge in [0.2, 0.25) is 0 Å².